The lowest BCUT2D eigenvalue weighted by atomic mass is 10.0. The number of amides is 2. The van der Waals surface area contributed by atoms with Crippen molar-refractivity contribution in [1.29, 1.82) is 0 Å². The van der Waals surface area contributed by atoms with E-state index in [0.29, 0.717) is 5.25 Å². The molecule has 0 saturated carbocycles. The second-order valence-corrected chi connectivity index (χ2v) is 7.46. The molecule has 2 aliphatic heterocycles. The molecule has 142 valence electrons. The third-order valence-electron chi connectivity index (χ3n) is 3.07. The number of carbonyl (C=O) groups excluding carboxylic acids is 1. The topological polar surface area (TPSA) is 211 Å². The quantitative estimate of drug-likeness (QED) is 0.156. The van der Waals surface area contributed by atoms with E-state index in [4.69, 9.17) is 24.7 Å². The molecule has 0 unspecified atom stereocenters. The largest absolute Gasteiger partial charge is 0.481 e. The number of carboxylic acid groups (broad SMARTS) is 1. The van der Waals surface area contributed by atoms with E-state index >= 15 is 0 Å². The lowest BCUT2D eigenvalue weighted by Gasteiger charge is -2.16. The Morgan fingerprint density at radius 3 is 2.21 bits per heavy atom. The normalized spacial score (nSPS) is 24.3. The van der Waals surface area contributed by atoms with E-state index in [0.717, 1.165) is 25.0 Å². The molecule has 0 spiro atoms. The van der Waals surface area contributed by atoms with Gasteiger partial charge in [0.05, 0.1) is 12.1 Å². The first kappa shape index (κ1) is 23.7. The molecule has 24 heavy (non-hydrogen) atoms. The zero-order valence-corrected chi connectivity index (χ0v) is 15.4. The van der Waals surface area contributed by atoms with Gasteiger partial charge in [0.1, 0.15) is 0 Å². The number of nitrogens with one attached hydrogen (secondary N) is 2. The molecule has 0 radical (unpaired) electrons. The summed E-state index contributed by atoms with van der Waals surface area (Å²) in [5.74, 6) is 0.236. The lowest BCUT2D eigenvalue weighted by molar-refractivity contribution is -0.137. The number of hydrogen-bond donors (Lipinski definition) is 9. The van der Waals surface area contributed by atoms with Crippen molar-refractivity contribution in [2.45, 2.75) is 43.0 Å². The number of thioether (sulfide) groups is 1. The Bertz CT molecular complexity index is 383. The summed E-state index contributed by atoms with van der Waals surface area (Å²) < 4.78 is 0. The summed E-state index contributed by atoms with van der Waals surface area (Å²) in [5, 5.41) is 14.8. The van der Waals surface area contributed by atoms with Gasteiger partial charge in [0.2, 0.25) is 17.1 Å². The van der Waals surface area contributed by atoms with Crippen LogP contribution in [0.15, 0.2) is 0 Å². The molecule has 11 N–H and O–H groups in total. The van der Waals surface area contributed by atoms with Crippen molar-refractivity contribution in [2.24, 2.45) is 11.0 Å². The van der Waals surface area contributed by atoms with Gasteiger partial charge in [-0.25, -0.2) is 4.79 Å². The molecule has 0 aliphatic carbocycles. The lowest BCUT2D eigenvalue weighted by Crippen LogP contribution is -2.36. The molecule has 2 saturated heterocycles. The van der Waals surface area contributed by atoms with Crippen LogP contribution in [0.2, 0.25) is 0 Å². The van der Waals surface area contributed by atoms with Gasteiger partial charge in [-0.15, -0.1) is 0 Å². The second-order valence-electron chi connectivity index (χ2n) is 4.90. The van der Waals surface area contributed by atoms with Crippen molar-refractivity contribution >= 4 is 40.8 Å². The fourth-order valence-electron chi connectivity index (χ4n) is 2.26. The minimum Gasteiger partial charge on any atom is -0.481 e. The van der Waals surface area contributed by atoms with E-state index in [1.165, 1.54) is 0 Å². The maximum absolute atomic E-state index is 11.1. The highest BCUT2D eigenvalue weighted by molar-refractivity contribution is 8.00. The van der Waals surface area contributed by atoms with Crippen LogP contribution in [0.5, 0.6) is 0 Å². The predicted molar refractivity (Wildman–Crippen MR) is 92.7 cm³/mol. The summed E-state index contributed by atoms with van der Waals surface area (Å²) in [7, 11) is -4.24. The van der Waals surface area contributed by atoms with Crippen LogP contribution >= 0.6 is 28.8 Å². The Morgan fingerprint density at radius 2 is 1.71 bits per heavy atom. The van der Waals surface area contributed by atoms with Gasteiger partial charge < -0.3 is 35.3 Å². The maximum Gasteiger partial charge on any atom is 0.315 e. The van der Waals surface area contributed by atoms with Crippen LogP contribution in [0.3, 0.4) is 0 Å². The average Bonchev–Trinajstić information content (AvgIpc) is 2.93. The monoisotopic (exact) mass is 406 g/mol. The molecule has 2 rings (SSSR count). The molecule has 2 fully saturated rings. The highest BCUT2D eigenvalue weighted by atomic mass is 32.2. The Hall–Kier alpha value is -0.290. The first-order valence-corrected chi connectivity index (χ1v) is 10.6. The van der Waals surface area contributed by atoms with E-state index in [2.05, 4.69) is 21.6 Å². The number of hydrogen-bond acceptors (Lipinski definition) is 9. The van der Waals surface area contributed by atoms with Crippen LogP contribution in [-0.4, -0.2) is 59.8 Å². The average molecular weight is 406 g/mol. The molecule has 14 heteroatoms. The van der Waals surface area contributed by atoms with Crippen molar-refractivity contribution in [3.63, 3.8) is 0 Å². The molecule has 2 amide bonds. The minimum atomic E-state index is -2.12. The van der Waals surface area contributed by atoms with Gasteiger partial charge in [-0.2, -0.15) is 11.8 Å². The fraction of sp³-hybridized carbons (Fsp3) is 0.800. The van der Waals surface area contributed by atoms with E-state index in [9.17, 15) is 9.59 Å². The Morgan fingerprint density at radius 1 is 1.17 bits per heavy atom. The zero-order chi connectivity index (χ0) is 18.7. The van der Waals surface area contributed by atoms with Gasteiger partial charge in [-0.05, 0) is 12.8 Å². The molecule has 2 aliphatic rings. The van der Waals surface area contributed by atoms with E-state index in [1.54, 1.807) is 0 Å². The molecule has 3 atom stereocenters. The number of fused-ring (bicyclic) bond motifs is 1. The summed E-state index contributed by atoms with van der Waals surface area (Å²) in [6, 6.07) is 0.440. The highest BCUT2D eigenvalue weighted by Crippen LogP contribution is 2.33. The summed E-state index contributed by atoms with van der Waals surface area (Å²) >= 11 is 1.87. The van der Waals surface area contributed by atoms with Gasteiger partial charge in [-0.3, -0.25) is 15.8 Å². The van der Waals surface area contributed by atoms with E-state index < -0.39 is 23.0 Å². The van der Waals surface area contributed by atoms with Crippen molar-refractivity contribution < 1.29 is 34.3 Å². The van der Waals surface area contributed by atoms with Crippen LogP contribution in [0.1, 0.15) is 25.7 Å². The van der Waals surface area contributed by atoms with Gasteiger partial charge >= 0.3 is 12.0 Å². The number of rotatable bonds is 5. The Labute approximate surface area is 146 Å². The predicted octanol–water partition coefficient (Wildman–Crippen LogP) is -0.890. The van der Waals surface area contributed by atoms with Crippen molar-refractivity contribution in [2.75, 3.05) is 5.75 Å². The van der Waals surface area contributed by atoms with Gasteiger partial charge in [0.25, 0.3) is 0 Å². The Balaban J connectivity index is 0.000000558. The van der Waals surface area contributed by atoms with Crippen LogP contribution in [0.4, 0.5) is 4.79 Å². The van der Waals surface area contributed by atoms with Gasteiger partial charge in [0.15, 0.2) is 0 Å². The van der Waals surface area contributed by atoms with Crippen LogP contribution < -0.4 is 21.6 Å². The SMILES string of the molecule is NP(O)O.NP(O)O.O=C(O)CCCC[C@@H]1SC[C@@H]2NC(=O)N[C@@H]21. The highest BCUT2D eigenvalue weighted by Gasteiger charge is 2.42. The Kier molecular flexibility index (Phi) is 12.8. The summed E-state index contributed by atoms with van der Waals surface area (Å²) in [4.78, 5) is 51.3. The molecule has 0 bridgehead atoms. The smallest absolute Gasteiger partial charge is 0.315 e. The third-order valence-corrected chi connectivity index (χ3v) is 4.58. The summed E-state index contributed by atoms with van der Waals surface area (Å²) in [6.45, 7) is 0. The first-order chi connectivity index (χ1) is 11.1. The number of aliphatic carboxylic acids is 1. The summed E-state index contributed by atoms with van der Waals surface area (Å²) in [5.41, 5.74) is 8.57. The van der Waals surface area contributed by atoms with Crippen LogP contribution in [0.25, 0.3) is 0 Å². The number of carbonyl (C=O) groups is 2. The number of nitrogens with two attached hydrogens (primary N) is 2. The molecule has 0 aromatic carbocycles. The first-order valence-electron chi connectivity index (χ1n) is 6.89. The third kappa shape index (κ3) is 12.1. The van der Waals surface area contributed by atoms with Gasteiger partial charge in [-0.1, -0.05) is 6.42 Å². The maximum atomic E-state index is 11.1. The van der Waals surface area contributed by atoms with Crippen molar-refractivity contribution in [3.8, 4) is 0 Å². The number of unbranched alkanes of at least 4 members (excludes halogenated alkanes) is 1. The standard InChI is InChI=1S/C10H16N2O3S.2H4NO2P/c13-8(14)4-2-1-3-7-9-6(5-16-7)11-10(15)12-9;2*1-4(2)3/h6-7,9H,1-5H2,(H,13,14)(H2,11,12,15);2*2-3H,1H2/t6-,7-,9-;;/m0../s1. The van der Waals surface area contributed by atoms with E-state index in [1.807, 2.05) is 11.8 Å². The molecule has 0 aromatic heterocycles. The zero-order valence-electron chi connectivity index (χ0n) is 12.8. The molecular weight excluding hydrogens is 382 g/mol. The molecular formula is C10H24N4O7P2S. The molecule has 2 heterocycles. The number of urea groups is 1. The number of carboxylic acids is 1. The van der Waals surface area contributed by atoms with Crippen molar-refractivity contribution in [1.82, 2.24) is 10.6 Å². The molecule has 11 nitrogen and oxygen atoms in total. The van der Waals surface area contributed by atoms with Crippen molar-refractivity contribution in [3.05, 3.63) is 0 Å². The minimum absolute atomic E-state index is 0.0640. The van der Waals surface area contributed by atoms with Crippen LogP contribution in [-0.2, 0) is 4.79 Å². The molecule has 0 aromatic rings. The van der Waals surface area contributed by atoms with Crippen LogP contribution in [0, 0.1) is 0 Å². The fourth-order valence-corrected chi connectivity index (χ4v) is 3.81. The van der Waals surface area contributed by atoms with E-state index in [-0.39, 0.29) is 24.5 Å². The second kappa shape index (κ2) is 13.0. The van der Waals surface area contributed by atoms with Gasteiger partial charge in [0, 0.05) is 17.4 Å². The summed E-state index contributed by atoms with van der Waals surface area (Å²) in [6.07, 6.45) is 2.88.